The van der Waals surface area contributed by atoms with Crippen LogP contribution < -0.4 is 10.2 Å². The fourth-order valence-electron chi connectivity index (χ4n) is 2.06. The Labute approximate surface area is 115 Å². The van der Waals surface area contributed by atoms with Crippen molar-refractivity contribution in [3.63, 3.8) is 0 Å². The summed E-state index contributed by atoms with van der Waals surface area (Å²) in [5.74, 6) is -1.53. The minimum Gasteiger partial charge on any atom is -0.478 e. The van der Waals surface area contributed by atoms with Crippen molar-refractivity contribution < 1.29 is 24.2 Å². The predicted octanol–water partition coefficient (Wildman–Crippen LogP) is 0.630. The maximum absolute atomic E-state index is 11.9. The second-order valence-corrected chi connectivity index (χ2v) is 4.29. The van der Waals surface area contributed by atoms with Crippen LogP contribution in [0, 0.1) is 0 Å². The van der Waals surface area contributed by atoms with Crippen LogP contribution in [0.5, 0.6) is 0 Å². The quantitative estimate of drug-likeness (QED) is 0.791. The van der Waals surface area contributed by atoms with E-state index in [0.29, 0.717) is 18.7 Å². The van der Waals surface area contributed by atoms with Crippen molar-refractivity contribution in [1.82, 2.24) is 5.32 Å². The molecule has 0 aromatic heterocycles. The van der Waals surface area contributed by atoms with Crippen molar-refractivity contribution in [2.24, 2.45) is 0 Å². The van der Waals surface area contributed by atoms with Gasteiger partial charge < -0.3 is 15.2 Å². The first-order valence-corrected chi connectivity index (χ1v) is 6.01. The van der Waals surface area contributed by atoms with E-state index in [4.69, 9.17) is 5.11 Å². The molecule has 2 rings (SSSR count). The molecule has 0 atom stereocenters. The average molecular weight is 278 g/mol. The molecule has 0 aliphatic carbocycles. The third kappa shape index (κ3) is 2.71. The second-order valence-electron chi connectivity index (χ2n) is 4.29. The topological polar surface area (TPSA) is 95.9 Å². The molecule has 0 spiro atoms. The summed E-state index contributed by atoms with van der Waals surface area (Å²) >= 11 is 0. The fourth-order valence-corrected chi connectivity index (χ4v) is 2.06. The number of carbonyl (C=O) groups excluding carboxylic acids is 2. The van der Waals surface area contributed by atoms with Gasteiger partial charge in [-0.2, -0.15) is 0 Å². The molecule has 2 amide bonds. The largest absolute Gasteiger partial charge is 0.478 e. The Kier molecular flexibility index (Phi) is 3.88. The van der Waals surface area contributed by atoms with E-state index in [0.717, 1.165) is 5.56 Å². The summed E-state index contributed by atoms with van der Waals surface area (Å²) in [5, 5.41) is 11.4. The van der Waals surface area contributed by atoms with Crippen LogP contribution in [0.2, 0.25) is 0 Å². The highest BCUT2D eigenvalue weighted by atomic mass is 16.5. The van der Waals surface area contributed by atoms with Crippen molar-refractivity contribution >= 4 is 23.7 Å². The molecule has 2 N–H and O–H groups in total. The van der Waals surface area contributed by atoms with Gasteiger partial charge in [-0.3, -0.25) is 9.69 Å². The van der Waals surface area contributed by atoms with Crippen LogP contribution in [0.1, 0.15) is 15.9 Å². The number of ether oxygens (including phenoxy) is 1. The van der Waals surface area contributed by atoms with Crippen LogP contribution in [-0.2, 0) is 16.0 Å². The number of carbonyl (C=O) groups is 3. The number of nitrogens with zero attached hydrogens (tertiary/aromatic N) is 1. The molecule has 0 radical (unpaired) electrons. The predicted molar refractivity (Wildman–Crippen MR) is 69.9 cm³/mol. The van der Waals surface area contributed by atoms with Gasteiger partial charge in [0.2, 0.25) is 0 Å². The van der Waals surface area contributed by atoms with E-state index in [-0.39, 0.29) is 12.1 Å². The van der Waals surface area contributed by atoms with E-state index in [1.165, 1.54) is 18.1 Å². The number of carboxylic acid groups (broad SMARTS) is 1. The molecule has 7 nitrogen and oxygen atoms in total. The molecule has 1 heterocycles. The summed E-state index contributed by atoms with van der Waals surface area (Å²) in [7, 11) is 1.24. The summed E-state index contributed by atoms with van der Waals surface area (Å²) in [6.45, 7) is 0.250. The smallest absolute Gasteiger partial charge is 0.335 e. The molecule has 106 valence electrons. The first-order valence-electron chi connectivity index (χ1n) is 6.01. The molecule has 1 aliphatic rings. The van der Waals surface area contributed by atoms with E-state index in [1.807, 2.05) is 0 Å². The molecule has 0 bridgehead atoms. The van der Waals surface area contributed by atoms with Gasteiger partial charge >= 0.3 is 18.0 Å². The van der Waals surface area contributed by atoms with Gasteiger partial charge in [-0.25, -0.2) is 9.59 Å². The number of nitrogens with one attached hydrogen (secondary N) is 1. The summed E-state index contributed by atoms with van der Waals surface area (Å²) in [6.07, 6.45) is 0.585. The third-order valence-corrected chi connectivity index (χ3v) is 3.08. The Morgan fingerprint density at radius 2 is 2.15 bits per heavy atom. The van der Waals surface area contributed by atoms with Crippen LogP contribution in [0.4, 0.5) is 10.5 Å². The summed E-state index contributed by atoms with van der Waals surface area (Å²) < 4.78 is 4.44. The molecule has 7 heteroatoms. The lowest BCUT2D eigenvalue weighted by atomic mass is 10.1. The zero-order valence-corrected chi connectivity index (χ0v) is 10.9. The molecule has 1 aromatic carbocycles. The molecule has 1 aromatic rings. The van der Waals surface area contributed by atoms with Gasteiger partial charge in [-0.1, -0.05) is 0 Å². The van der Waals surface area contributed by atoms with E-state index in [9.17, 15) is 14.4 Å². The van der Waals surface area contributed by atoms with Gasteiger partial charge in [-0.15, -0.1) is 0 Å². The van der Waals surface area contributed by atoms with Crippen LogP contribution in [0.15, 0.2) is 18.2 Å². The molecular formula is C13H14N2O5. The van der Waals surface area contributed by atoms with Crippen molar-refractivity contribution in [2.45, 2.75) is 6.42 Å². The molecule has 0 saturated heterocycles. The van der Waals surface area contributed by atoms with E-state index in [1.54, 1.807) is 12.1 Å². The van der Waals surface area contributed by atoms with Crippen molar-refractivity contribution in [3.8, 4) is 0 Å². The average Bonchev–Trinajstić information content (AvgIpc) is 2.87. The fraction of sp³-hybridized carbons (Fsp3) is 0.308. The van der Waals surface area contributed by atoms with Gasteiger partial charge in [0, 0.05) is 12.2 Å². The van der Waals surface area contributed by atoms with Crippen LogP contribution >= 0.6 is 0 Å². The van der Waals surface area contributed by atoms with Gasteiger partial charge in [-0.05, 0) is 30.2 Å². The number of amides is 2. The molecule has 20 heavy (non-hydrogen) atoms. The molecule has 0 unspecified atom stereocenters. The van der Waals surface area contributed by atoms with Crippen molar-refractivity contribution in [1.29, 1.82) is 0 Å². The van der Waals surface area contributed by atoms with Gasteiger partial charge in [0.25, 0.3) is 0 Å². The Balaban J connectivity index is 2.10. The van der Waals surface area contributed by atoms with Gasteiger partial charge in [0.15, 0.2) is 0 Å². The lowest BCUT2D eigenvalue weighted by Crippen LogP contribution is -2.41. The van der Waals surface area contributed by atoms with Crippen molar-refractivity contribution in [3.05, 3.63) is 29.3 Å². The number of hydrogen-bond acceptors (Lipinski definition) is 4. The number of carboxylic acids is 1. The number of urea groups is 1. The minimum absolute atomic E-state index is 0.195. The number of hydrogen-bond donors (Lipinski definition) is 2. The monoisotopic (exact) mass is 278 g/mol. The Morgan fingerprint density at radius 1 is 1.40 bits per heavy atom. The number of anilines is 1. The molecule has 0 saturated carbocycles. The van der Waals surface area contributed by atoms with E-state index in [2.05, 4.69) is 10.1 Å². The lowest BCUT2D eigenvalue weighted by Gasteiger charge is -2.17. The van der Waals surface area contributed by atoms with Crippen molar-refractivity contribution in [2.75, 3.05) is 25.1 Å². The van der Waals surface area contributed by atoms with E-state index >= 15 is 0 Å². The minimum atomic E-state index is -0.999. The first-order chi connectivity index (χ1) is 9.52. The molecular weight excluding hydrogens is 264 g/mol. The number of aromatic carboxylic acids is 1. The third-order valence-electron chi connectivity index (χ3n) is 3.08. The SMILES string of the molecule is COC(=O)CNC(=O)N1CCc2cc(C(=O)O)ccc21. The number of methoxy groups -OCH3 is 1. The number of fused-ring (bicyclic) bond motifs is 1. The normalized spacial score (nSPS) is 12.8. The molecule has 1 aliphatic heterocycles. The highest BCUT2D eigenvalue weighted by Crippen LogP contribution is 2.28. The number of esters is 1. The second kappa shape index (κ2) is 5.60. The maximum Gasteiger partial charge on any atom is 0.335 e. The number of benzene rings is 1. The zero-order chi connectivity index (χ0) is 14.7. The Bertz CT molecular complexity index is 570. The molecule has 0 fully saturated rings. The van der Waals surface area contributed by atoms with Crippen LogP contribution in [0.3, 0.4) is 0 Å². The lowest BCUT2D eigenvalue weighted by molar-refractivity contribution is -0.139. The van der Waals surface area contributed by atoms with E-state index < -0.39 is 18.0 Å². The Morgan fingerprint density at radius 3 is 2.80 bits per heavy atom. The van der Waals surface area contributed by atoms with Gasteiger partial charge in [0.1, 0.15) is 6.54 Å². The number of rotatable bonds is 3. The highest BCUT2D eigenvalue weighted by Gasteiger charge is 2.25. The van der Waals surface area contributed by atoms with Gasteiger partial charge in [0.05, 0.1) is 12.7 Å². The highest BCUT2D eigenvalue weighted by molar-refractivity contribution is 5.97. The Hall–Kier alpha value is -2.57. The summed E-state index contributed by atoms with van der Waals surface area (Å²) in [6, 6.07) is 4.21. The van der Waals surface area contributed by atoms with Crippen LogP contribution in [0.25, 0.3) is 0 Å². The van der Waals surface area contributed by atoms with Crippen LogP contribution in [-0.4, -0.2) is 43.3 Å². The summed E-state index contributed by atoms with van der Waals surface area (Å²) in [5.41, 5.74) is 1.66. The first kappa shape index (κ1) is 13.9. The maximum atomic E-state index is 11.9. The standard InChI is InChI=1S/C13H14N2O5/c1-20-11(16)7-14-13(19)15-5-4-8-6-9(12(17)18)2-3-10(8)15/h2-3,6H,4-5,7H2,1H3,(H,14,19)(H,17,18). The summed E-state index contributed by atoms with van der Waals surface area (Å²) in [4.78, 5) is 35.3. The zero-order valence-electron chi connectivity index (χ0n) is 10.9.